The Morgan fingerprint density at radius 3 is 2.65 bits per heavy atom. The van der Waals surface area contributed by atoms with Crippen molar-refractivity contribution in [1.82, 2.24) is 4.98 Å². The number of nitrogens with two attached hydrogens (primary N) is 1. The van der Waals surface area contributed by atoms with Crippen LogP contribution in [-0.4, -0.2) is 10.9 Å². The average molecular weight is 272 g/mol. The van der Waals surface area contributed by atoms with Gasteiger partial charge in [0.05, 0.1) is 10.9 Å². The number of pyridine rings is 1. The van der Waals surface area contributed by atoms with Gasteiger partial charge in [-0.1, -0.05) is 19.3 Å². The summed E-state index contributed by atoms with van der Waals surface area (Å²) >= 11 is 0. The zero-order valence-corrected chi connectivity index (χ0v) is 11.2. The molecule has 2 aromatic rings. The van der Waals surface area contributed by atoms with E-state index in [0.29, 0.717) is 10.9 Å². The highest BCUT2D eigenvalue weighted by atomic mass is 19.1. The molecule has 0 unspecified atom stereocenters. The van der Waals surface area contributed by atoms with E-state index in [1.807, 2.05) is 6.07 Å². The first kappa shape index (κ1) is 13.0. The van der Waals surface area contributed by atoms with Gasteiger partial charge in [-0.15, -0.1) is 0 Å². The Labute approximate surface area is 117 Å². The smallest absolute Gasteiger partial charge is 0.228 e. The van der Waals surface area contributed by atoms with E-state index in [0.717, 1.165) is 37.7 Å². The molecule has 0 saturated heterocycles. The third kappa shape index (κ3) is 1.96. The van der Waals surface area contributed by atoms with Crippen molar-refractivity contribution in [2.24, 2.45) is 5.73 Å². The minimum atomic E-state index is -0.673. The average Bonchev–Trinajstić information content (AvgIpc) is 2.47. The van der Waals surface area contributed by atoms with Crippen LogP contribution >= 0.6 is 0 Å². The molecule has 0 radical (unpaired) electrons. The van der Waals surface area contributed by atoms with E-state index in [2.05, 4.69) is 4.98 Å². The van der Waals surface area contributed by atoms with Gasteiger partial charge in [0.25, 0.3) is 0 Å². The first-order chi connectivity index (χ1) is 9.63. The number of carbonyl (C=O) groups excluding carboxylic acids is 1. The van der Waals surface area contributed by atoms with Gasteiger partial charge in [0.15, 0.2) is 0 Å². The monoisotopic (exact) mass is 272 g/mol. The van der Waals surface area contributed by atoms with Gasteiger partial charge in [-0.05, 0) is 42.7 Å². The Bertz CT molecular complexity index is 663. The first-order valence-electron chi connectivity index (χ1n) is 6.98. The summed E-state index contributed by atoms with van der Waals surface area (Å²) in [5.41, 5.74) is 6.57. The molecule has 1 fully saturated rings. The van der Waals surface area contributed by atoms with Gasteiger partial charge in [0.1, 0.15) is 5.82 Å². The van der Waals surface area contributed by atoms with Gasteiger partial charge in [0, 0.05) is 11.6 Å². The molecule has 0 spiro atoms. The predicted molar refractivity (Wildman–Crippen MR) is 75.7 cm³/mol. The number of rotatable bonds is 2. The fourth-order valence-corrected chi connectivity index (χ4v) is 3.34. The first-order valence-corrected chi connectivity index (χ1v) is 6.98. The third-order valence-electron chi connectivity index (χ3n) is 4.40. The van der Waals surface area contributed by atoms with Gasteiger partial charge >= 0.3 is 0 Å². The second-order valence-electron chi connectivity index (χ2n) is 5.53. The van der Waals surface area contributed by atoms with Crippen molar-refractivity contribution in [2.75, 3.05) is 0 Å². The van der Waals surface area contributed by atoms with E-state index >= 15 is 0 Å². The van der Waals surface area contributed by atoms with Crippen molar-refractivity contribution in [3.8, 4) is 0 Å². The summed E-state index contributed by atoms with van der Waals surface area (Å²) in [4.78, 5) is 16.4. The van der Waals surface area contributed by atoms with Crippen LogP contribution in [0.3, 0.4) is 0 Å². The normalized spacial score (nSPS) is 18.1. The number of carbonyl (C=O) groups is 1. The number of halogens is 1. The van der Waals surface area contributed by atoms with Crippen LogP contribution in [0.4, 0.5) is 4.39 Å². The lowest BCUT2D eigenvalue weighted by Gasteiger charge is -2.35. The van der Waals surface area contributed by atoms with Gasteiger partial charge < -0.3 is 5.73 Å². The van der Waals surface area contributed by atoms with Crippen molar-refractivity contribution >= 4 is 16.8 Å². The minimum absolute atomic E-state index is 0.311. The zero-order valence-electron chi connectivity index (χ0n) is 11.2. The number of primary amides is 1. The molecule has 104 valence electrons. The van der Waals surface area contributed by atoms with Crippen LogP contribution in [0.5, 0.6) is 0 Å². The lowest BCUT2D eigenvalue weighted by atomic mass is 9.68. The van der Waals surface area contributed by atoms with Crippen LogP contribution in [-0.2, 0) is 10.2 Å². The number of hydrogen-bond acceptors (Lipinski definition) is 2. The summed E-state index contributed by atoms with van der Waals surface area (Å²) in [6.45, 7) is 0. The van der Waals surface area contributed by atoms with Gasteiger partial charge in [-0.2, -0.15) is 0 Å². The van der Waals surface area contributed by atoms with E-state index in [4.69, 9.17) is 5.73 Å². The van der Waals surface area contributed by atoms with Crippen LogP contribution in [0.1, 0.15) is 37.7 Å². The van der Waals surface area contributed by atoms with Crippen molar-refractivity contribution in [3.63, 3.8) is 0 Å². The molecule has 1 aliphatic carbocycles. The number of aromatic nitrogens is 1. The highest BCUT2D eigenvalue weighted by Gasteiger charge is 2.40. The van der Waals surface area contributed by atoms with Crippen LogP contribution in [0, 0.1) is 5.82 Å². The maximum Gasteiger partial charge on any atom is 0.228 e. The van der Waals surface area contributed by atoms with Gasteiger partial charge in [-0.25, -0.2) is 4.39 Å². The second-order valence-corrected chi connectivity index (χ2v) is 5.53. The molecule has 1 saturated carbocycles. The molecule has 3 nitrogen and oxygen atoms in total. The highest BCUT2D eigenvalue weighted by molar-refractivity contribution is 5.94. The maximum absolute atomic E-state index is 13.6. The van der Waals surface area contributed by atoms with Crippen LogP contribution in [0.25, 0.3) is 10.9 Å². The number of benzene rings is 1. The quantitative estimate of drug-likeness (QED) is 0.913. The number of hydrogen-bond donors (Lipinski definition) is 1. The van der Waals surface area contributed by atoms with Crippen molar-refractivity contribution in [3.05, 3.63) is 41.8 Å². The molecule has 1 heterocycles. The van der Waals surface area contributed by atoms with Crippen LogP contribution in [0.2, 0.25) is 0 Å². The van der Waals surface area contributed by atoms with Crippen molar-refractivity contribution in [2.45, 2.75) is 37.5 Å². The SMILES string of the molecule is NC(=O)C1(c2ccnc3ccc(F)cc23)CCCCC1. The fraction of sp³-hybridized carbons (Fsp3) is 0.375. The Morgan fingerprint density at radius 1 is 1.20 bits per heavy atom. The summed E-state index contributed by atoms with van der Waals surface area (Å²) in [5, 5.41) is 0.702. The van der Waals surface area contributed by atoms with Gasteiger partial charge in [0.2, 0.25) is 5.91 Å². The Kier molecular flexibility index (Phi) is 3.16. The number of fused-ring (bicyclic) bond motifs is 1. The van der Waals surface area contributed by atoms with E-state index in [1.54, 1.807) is 12.3 Å². The number of nitrogens with zero attached hydrogens (tertiary/aromatic N) is 1. The molecule has 0 bridgehead atoms. The van der Waals surface area contributed by atoms with Crippen LogP contribution < -0.4 is 5.73 Å². The second kappa shape index (κ2) is 4.85. The largest absolute Gasteiger partial charge is 0.369 e. The summed E-state index contributed by atoms with van der Waals surface area (Å²) in [5.74, 6) is -0.629. The zero-order chi connectivity index (χ0) is 14.2. The molecule has 4 heteroatoms. The Morgan fingerprint density at radius 2 is 1.95 bits per heavy atom. The third-order valence-corrected chi connectivity index (χ3v) is 4.40. The molecule has 0 atom stereocenters. The standard InChI is InChI=1S/C16H17FN2O/c17-11-4-5-14-12(10-11)13(6-9-19-14)16(15(18)20)7-2-1-3-8-16/h4-6,9-10H,1-3,7-8H2,(H2,18,20). The molecule has 3 rings (SSSR count). The predicted octanol–water partition coefficient (Wildman–Crippen LogP) is 3.06. The summed E-state index contributed by atoms with van der Waals surface area (Å²) < 4.78 is 13.6. The summed E-state index contributed by atoms with van der Waals surface area (Å²) in [6.07, 6.45) is 6.21. The van der Waals surface area contributed by atoms with Crippen LogP contribution in [0.15, 0.2) is 30.5 Å². The lowest BCUT2D eigenvalue weighted by molar-refractivity contribution is -0.124. The lowest BCUT2D eigenvalue weighted by Crippen LogP contribution is -2.43. The molecule has 1 aromatic heterocycles. The van der Waals surface area contributed by atoms with E-state index < -0.39 is 5.41 Å². The highest BCUT2D eigenvalue weighted by Crippen LogP contribution is 2.41. The van der Waals surface area contributed by atoms with E-state index in [-0.39, 0.29) is 11.7 Å². The minimum Gasteiger partial charge on any atom is -0.369 e. The van der Waals surface area contributed by atoms with Gasteiger partial charge in [-0.3, -0.25) is 9.78 Å². The van der Waals surface area contributed by atoms with E-state index in [9.17, 15) is 9.18 Å². The summed E-state index contributed by atoms with van der Waals surface area (Å²) in [7, 11) is 0. The molecule has 1 amide bonds. The molecule has 1 aliphatic rings. The molecule has 20 heavy (non-hydrogen) atoms. The Balaban J connectivity index is 2.25. The summed E-state index contributed by atoms with van der Waals surface area (Å²) in [6, 6.07) is 6.30. The molecular weight excluding hydrogens is 255 g/mol. The van der Waals surface area contributed by atoms with Crippen molar-refractivity contribution < 1.29 is 9.18 Å². The molecule has 0 aliphatic heterocycles. The molecular formula is C16H17FN2O. The Hall–Kier alpha value is -1.97. The number of amides is 1. The topological polar surface area (TPSA) is 56.0 Å². The fourth-order valence-electron chi connectivity index (χ4n) is 3.34. The molecule has 2 N–H and O–H groups in total. The van der Waals surface area contributed by atoms with Crippen molar-refractivity contribution in [1.29, 1.82) is 0 Å². The van der Waals surface area contributed by atoms with E-state index in [1.165, 1.54) is 12.1 Å². The maximum atomic E-state index is 13.6. The molecule has 1 aromatic carbocycles.